The Kier molecular flexibility index (Phi) is 5.26. The van der Waals surface area contributed by atoms with Crippen LogP contribution in [0.1, 0.15) is 18.9 Å². The zero-order chi connectivity index (χ0) is 21.4. The number of H-pyrrole nitrogens is 1. The highest BCUT2D eigenvalue weighted by atomic mass is 35.5. The minimum atomic E-state index is 0.455. The maximum Gasteiger partial charge on any atom is 0.132 e. The number of nitrogens with zero attached hydrogens (tertiary/aromatic N) is 4. The van der Waals surface area contributed by atoms with Gasteiger partial charge in [0.15, 0.2) is 0 Å². The van der Waals surface area contributed by atoms with Gasteiger partial charge in [-0.1, -0.05) is 23.7 Å². The first-order valence-electron chi connectivity index (χ1n) is 10.5. The highest BCUT2D eigenvalue weighted by molar-refractivity contribution is 6.30. The molecule has 31 heavy (non-hydrogen) atoms. The lowest BCUT2D eigenvalue weighted by Crippen LogP contribution is -2.31. The largest absolute Gasteiger partial charge is 0.383 e. The summed E-state index contributed by atoms with van der Waals surface area (Å²) >= 11 is 6.01. The summed E-state index contributed by atoms with van der Waals surface area (Å²) in [5.74, 6) is 0.496. The summed E-state index contributed by atoms with van der Waals surface area (Å²) < 4.78 is 2.10. The van der Waals surface area contributed by atoms with E-state index in [0.717, 1.165) is 64.6 Å². The molecule has 0 saturated carbocycles. The number of nitrogens with one attached hydrogen (secondary N) is 1. The first-order valence-corrected chi connectivity index (χ1v) is 10.9. The number of hydrogen-bond acceptors (Lipinski definition) is 4. The maximum absolute atomic E-state index is 6.23. The molecule has 0 radical (unpaired) electrons. The van der Waals surface area contributed by atoms with Gasteiger partial charge in [0.05, 0.1) is 12.2 Å². The Hall–Kier alpha value is -3.09. The SMILES string of the molecule is CN1CCC(n2cc(-c3cnc(N)c(-c4ccc(-c5ccc(Cl)cc5)[nH]4)c3)cn2)CC1. The fraction of sp³-hybridized carbons (Fsp3) is 0.250. The number of pyridine rings is 1. The number of aromatic amines is 1. The molecule has 1 saturated heterocycles. The Morgan fingerprint density at radius 2 is 1.71 bits per heavy atom. The minimum absolute atomic E-state index is 0.455. The quantitative estimate of drug-likeness (QED) is 0.469. The van der Waals surface area contributed by atoms with Gasteiger partial charge in [0.25, 0.3) is 0 Å². The Labute approximate surface area is 186 Å². The first kappa shape index (κ1) is 19.8. The normalized spacial score (nSPS) is 15.4. The molecule has 4 heterocycles. The van der Waals surface area contributed by atoms with E-state index in [2.05, 4.69) is 44.0 Å². The number of aromatic nitrogens is 4. The van der Waals surface area contributed by atoms with Crippen molar-refractivity contribution in [3.63, 3.8) is 0 Å². The zero-order valence-corrected chi connectivity index (χ0v) is 18.2. The molecule has 158 valence electrons. The maximum atomic E-state index is 6.23. The van der Waals surface area contributed by atoms with Crippen LogP contribution in [0.4, 0.5) is 5.82 Å². The molecular formula is C24H25ClN6. The van der Waals surface area contributed by atoms with Gasteiger partial charge in [-0.3, -0.25) is 4.68 Å². The molecule has 1 aromatic carbocycles. The van der Waals surface area contributed by atoms with Crippen molar-refractivity contribution in [2.24, 2.45) is 0 Å². The summed E-state index contributed by atoms with van der Waals surface area (Å²) in [6, 6.07) is 14.4. The number of halogens is 1. The van der Waals surface area contributed by atoms with Crippen molar-refractivity contribution in [1.29, 1.82) is 0 Å². The van der Waals surface area contributed by atoms with Crippen LogP contribution in [0.15, 0.2) is 61.1 Å². The number of piperidine rings is 1. The van der Waals surface area contributed by atoms with Crippen molar-refractivity contribution in [3.05, 3.63) is 66.1 Å². The number of likely N-dealkylation sites (tertiary alicyclic amines) is 1. The summed E-state index contributed by atoms with van der Waals surface area (Å²) in [5.41, 5.74) is 12.2. The second-order valence-electron chi connectivity index (χ2n) is 8.19. The molecule has 0 atom stereocenters. The molecule has 5 rings (SSSR count). The van der Waals surface area contributed by atoms with E-state index in [-0.39, 0.29) is 0 Å². The molecule has 0 spiro atoms. The van der Waals surface area contributed by atoms with Gasteiger partial charge in [-0.15, -0.1) is 0 Å². The van der Waals surface area contributed by atoms with Gasteiger partial charge < -0.3 is 15.6 Å². The average molecular weight is 433 g/mol. The van der Waals surface area contributed by atoms with E-state index in [1.165, 1.54) is 0 Å². The van der Waals surface area contributed by atoms with Gasteiger partial charge >= 0.3 is 0 Å². The lowest BCUT2D eigenvalue weighted by Gasteiger charge is -2.28. The van der Waals surface area contributed by atoms with Gasteiger partial charge in [0, 0.05) is 45.5 Å². The van der Waals surface area contributed by atoms with E-state index >= 15 is 0 Å². The predicted molar refractivity (Wildman–Crippen MR) is 126 cm³/mol. The highest BCUT2D eigenvalue weighted by Gasteiger charge is 2.19. The summed E-state index contributed by atoms with van der Waals surface area (Å²) in [5, 5.41) is 5.36. The minimum Gasteiger partial charge on any atom is -0.383 e. The van der Waals surface area contributed by atoms with Crippen LogP contribution in [0.25, 0.3) is 33.6 Å². The van der Waals surface area contributed by atoms with Crippen LogP contribution in [0.2, 0.25) is 5.02 Å². The lowest BCUT2D eigenvalue weighted by molar-refractivity contribution is 0.212. The summed E-state index contributed by atoms with van der Waals surface area (Å²) in [7, 11) is 2.17. The molecular weight excluding hydrogens is 408 g/mol. The Morgan fingerprint density at radius 1 is 0.968 bits per heavy atom. The number of hydrogen-bond donors (Lipinski definition) is 2. The van der Waals surface area contributed by atoms with Gasteiger partial charge in [-0.05, 0) is 68.9 Å². The predicted octanol–water partition coefficient (Wildman–Crippen LogP) is 5.11. The molecule has 3 N–H and O–H groups in total. The number of benzene rings is 1. The first-order chi connectivity index (χ1) is 15.1. The second kappa shape index (κ2) is 8.21. The molecule has 0 aliphatic carbocycles. The van der Waals surface area contributed by atoms with Gasteiger partial charge in [0.1, 0.15) is 5.82 Å². The Balaban J connectivity index is 1.42. The van der Waals surface area contributed by atoms with Crippen molar-refractivity contribution >= 4 is 17.4 Å². The molecule has 6 nitrogen and oxygen atoms in total. The third-order valence-electron chi connectivity index (χ3n) is 6.05. The van der Waals surface area contributed by atoms with E-state index in [1.54, 1.807) is 0 Å². The van der Waals surface area contributed by atoms with Crippen molar-refractivity contribution < 1.29 is 0 Å². The fourth-order valence-electron chi connectivity index (χ4n) is 4.15. The summed E-state index contributed by atoms with van der Waals surface area (Å²) in [4.78, 5) is 10.3. The van der Waals surface area contributed by atoms with Crippen LogP contribution >= 0.6 is 11.6 Å². The van der Waals surface area contributed by atoms with Gasteiger partial charge in [-0.25, -0.2) is 4.98 Å². The van der Waals surface area contributed by atoms with Crippen LogP contribution in [0.3, 0.4) is 0 Å². The molecule has 4 aromatic rings. The molecule has 0 amide bonds. The lowest BCUT2D eigenvalue weighted by atomic mass is 10.1. The standard InChI is InChI=1S/C24H25ClN6/c1-30-10-8-20(9-11-30)31-15-18(14-28-31)17-12-21(24(26)27-13-17)23-7-6-22(29-23)16-2-4-19(25)5-3-16/h2-7,12-15,20,29H,8-11H2,1H3,(H2,26,27). The Bertz CT molecular complexity index is 1190. The van der Waals surface area contributed by atoms with Crippen LogP contribution in [0, 0.1) is 0 Å². The van der Waals surface area contributed by atoms with E-state index in [4.69, 9.17) is 17.3 Å². The molecule has 1 aliphatic heterocycles. The molecule has 1 fully saturated rings. The fourth-order valence-corrected chi connectivity index (χ4v) is 4.27. The second-order valence-corrected chi connectivity index (χ2v) is 8.63. The summed E-state index contributed by atoms with van der Waals surface area (Å²) in [6.07, 6.45) is 8.11. The molecule has 0 unspecified atom stereocenters. The van der Waals surface area contributed by atoms with E-state index in [9.17, 15) is 0 Å². The van der Waals surface area contributed by atoms with Crippen molar-refractivity contribution in [2.75, 3.05) is 25.9 Å². The number of rotatable bonds is 4. The third kappa shape index (κ3) is 4.09. The van der Waals surface area contributed by atoms with E-state index in [0.29, 0.717) is 11.9 Å². The van der Waals surface area contributed by atoms with Crippen LogP contribution < -0.4 is 5.73 Å². The van der Waals surface area contributed by atoms with Gasteiger partial charge in [0.2, 0.25) is 0 Å². The number of nitrogen functional groups attached to an aromatic ring is 1. The van der Waals surface area contributed by atoms with Crippen LogP contribution in [0.5, 0.6) is 0 Å². The molecule has 1 aliphatic rings. The van der Waals surface area contributed by atoms with E-state index in [1.807, 2.05) is 48.8 Å². The highest BCUT2D eigenvalue weighted by Crippen LogP contribution is 2.32. The summed E-state index contributed by atoms with van der Waals surface area (Å²) in [6.45, 7) is 2.21. The topological polar surface area (TPSA) is 75.8 Å². The Morgan fingerprint density at radius 3 is 2.48 bits per heavy atom. The van der Waals surface area contributed by atoms with Crippen molar-refractivity contribution in [1.82, 2.24) is 24.6 Å². The van der Waals surface area contributed by atoms with Crippen LogP contribution in [-0.4, -0.2) is 44.8 Å². The van der Waals surface area contributed by atoms with E-state index < -0.39 is 0 Å². The number of anilines is 1. The number of nitrogens with two attached hydrogens (primary N) is 1. The molecule has 0 bridgehead atoms. The molecule has 7 heteroatoms. The van der Waals surface area contributed by atoms with Gasteiger partial charge in [-0.2, -0.15) is 5.10 Å². The monoisotopic (exact) mass is 432 g/mol. The zero-order valence-electron chi connectivity index (χ0n) is 17.4. The van der Waals surface area contributed by atoms with Crippen molar-refractivity contribution in [2.45, 2.75) is 18.9 Å². The smallest absolute Gasteiger partial charge is 0.132 e. The van der Waals surface area contributed by atoms with Crippen molar-refractivity contribution in [3.8, 4) is 33.6 Å². The van der Waals surface area contributed by atoms with Crippen LogP contribution in [-0.2, 0) is 0 Å². The molecule has 3 aromatic heterocycles. The average Bonchev–Trinajstić information content (AvgIpc) is 3.46. The third-order valence-corrected chi connectivity index (χ3v) is 6.30.